The summed E-state index contributed by atoms with van der Waals surface area (Å²) < 4.78 is -0.417. The van der Waals surface area contributed by atoms with Crippen molar-refractivity contribution >= 4 is 22.6 Å². The second-order valence-electron chi connectivity index (χ2n) is 9.80. The molecule has 4 aliphatic carbocycles. The van der Waals surface area contributed by atoms with Crippen LogP contribution in [0.3, 0.4) is 0 Å². The zero-order valence-corrected chi connectivity index (χ0v) is 16.7. The number of halogens is 1. The first-order valence-electron chi connectivity index (χ1n) is 9.68. The first-order valence-corrected chi connectivity index (χ1v) is 10.8. The van der Waals surface area contributed by atoms with Gasteiger partial charge in [0.1, 0.15) is 3.61 Å². The molecule has 0 aromatic carbocycles. The Morgan fingerprint density at radius 2 is 1.59 bits per heavy atom. The van der Waals surface area contributed by atoms with E-state index in [2.05, 4.69) is 43.4 Å². The van der Waals surface area contributed by atoms with Crippen LogP contribution in [0.4, 0.5) is 0 Å². The summed E-state index contributed by atoms with van der Waals surface area (Å²) in [6, 6.07) is 0. The lowest BCUT2D eigenvalue weighted by Gasteiger charge is -2.61. The number of alkyl halides is 1. The fourth-order valence-corrected chi connectivity index (χ4v) is 8.26. The van der Waals surface area contributed by atoms with Gasteiger partial charge in [0.15, 0.2) is 0 Å². The van der Waals surface area contributed by atoms with Crippen LogP contribution in [0.25, 0.3) is 0 Å². The fraction of sp³-hybridized carbons (Fsp3) is 1.00. The molecule has 0 amide bonds. The van der Waals surface area contributed by atoms with E-state index in [-0.39, 0.29) is 0 Å². The summed E-state index contributed by atoms with van der Waals surface area (Å²) in [5.41, 5.74) is 1.16. The van der Waals surface area contributed by atoms with Gasteiger partial charge in [-0.2, -0.15) is 0 Å². The second-order valence-corrected chi connectivity index (χ2v) is 11.8. The Morgan fingerprint density at radius 3 is 2.36 bits per heavy atom. The predicted molar refractivity (Wildman–Crippen MR) is 99.9 cm³/mol. The van der Waals surface area contributed by atoms with E-state index in [1.54, 1.807) is 0 Å². The molecule has 22 heavy (non-hydrogen) atoms. The summed E-state index contributed by atoms with van der Waals surface area (Å²) in [7, 11) is 0. The van der Waals surface area contributed by atoms with Gasteiger partial charge in [0.05, 0.1) is 0 Å². The van der Waals surface area contributed by atoms with Crippen LogP contribution in [-0.4, -0.2) is 8.71 Å². The van der Waals surface area contributed by atoms with Crippen LogP contribution in [0.1, 0.15) is 78.6 Å². The van der Waals surface area contributed by atoms with Gasteiger partial charge in [-0.3, -0.25) is 0 Å². The van der Waals surface area contributed by atoms with Gasteiger partial charge in [-0.05, 0) is 121 Å². The molecular formula is C20H33IO. The molecule has 0 aromatic rings. The van der Waals surface area contributed by atoms with Crippen molar-refractivity contribution in [2.24, 2.45) is 40.4 Å². The molecule has 1 nitrogen and oxygen atoms in total. The third-order valence-electron chi connectivity index (χ3n) is 9.15. The number of aliphatic hydroxyl groups is 1. The first kappa shape index (κ1) is 16.2. The predicted octanol–water partition coefficient (Wildman–Crippen LogP) is 5.79. The topological polar surface area (TPSA) is 20.2 Å². The average molecular weight is 416 g/mol. The molecule has 4 fully saturated rings. The summed E-state index contributed by atoms with van der Waals surface area (Å²) >= 11 is 2.32. The van der Waals surface area contributed by atoms with Crippen LogP contribution in [0, 0.1) is 40.4 Å². The molecule has 4 unspecified atom stereocenters. The molecule has 0 aliphatic heterocycles. The van der Waals surface area contributed by atoms with E-state index >= 15 is 0 Å². The zero-order chi connectivity index (χ0) is 15.8. The Bertz CT molecular complexity index is 461. The van der Waals surface area contributed by atoms with E-state index < -0.39 is 3.61 Å². The zero-order valence-electron chi connectivity index (χ0n) is 14.6. The van der Waals surface area contributed by atoms with Gasteiger partial charge in [-0.1, -0.05) is 20.8 Å². The normalized spacial score (nSPS) is 61.2. The lowest BCUT2D eigenvalue weighted by molar-refractivity contribution is -0.128. The van der Waals surface area contributed by atoms with Crippen molar-refractivity contribution in [2.75, 3.05) is 0 Å². The summed E-state index contributed by atoms with van der Waals surface area (Å²) in [6.45, 7) is 7.73. The Morgan fingerprint density at radius 1 is 0.864 bits per heavy atom. The number of hydrogen-bond acceptors (Lipinski definition) is 1. The van der Waals surface area contributed by atoms with Gasteiger partial charge in [-0.15, -0.1) is 0 Å². The van der Waals surface area contributed by atoms with Crippen molar-refractivity contribution in [1.29, 1.82) is 0 Å². The summed E-state index contributed by atoms with van der Waals surface area (Å²) in [4.78, 5) is 0. The first-order chi connectivity index (χ1) is 10.3. The van der Waals surface area contributed by atoms with E-state index in [9.17, 15) is 5.11 Å². The third kappa shape index (κ3) is 2.18. The smallest absolute Gasteiger partial charge is 0.116 e. The van der Waals surface area contributed by atoms with Crippen LogP contribution in [0.5, 0.6) is 0 Å². The third-order valence-corrected chi connectivity index (χ3v) is 10.1. The van der Waals surface area contributed by atoms with Crippen molar-refractivity contribution < 1.29 is 5.11 Å². The molecule has 4 rings (SSSR count). The standard InChI is InChI=1S/C20H33IO/c1-13-4-7-16-15-6-5-14-12-20(21,22)11-10-19(14,3)17(15)8-9-18(13,16)2/h13-17,22H,4-12H2,1-3H3/t13?,14-,15?,16?,17?,18-,19+,20+/m1/s1. The van der Waals surface area contributed by atoms with Gasteiger partial charge >= 0.3 is 0 Å². The molecule has 0 heterocycles. The van der Waals surface area contributed by atoms with E-state index in [0.717, 1.165) is 42.4 Å². The largest absolute Gasteiger partial charge is 0.380 e. The van der Waals surface area contributed by atoms with E-state index in [1.165, 1.54) is 44.9 Å². The minimum absolute atomic E-state index is 0.417. The van der Waals surface area contributed by atoms with Crippen molar-refractivity contribution in [1.82, 2.24) is 0 Å². The number of rotatable bonds is 0. The Balaban J connectivity index is 1.62. The highest BCUT2D eigenvalue weighted by molar-refractivity contribution is 14.1. The average Bonchev–Trinajstić information content (AvgIpc) is 2.76. The molecule has 0 aromatic heterocycles. The van der Waals surface area contributed by atoms with Gasteiger partial charge in [0.25, 0.3) is 0 Å². The van der Waals surface area contributed by atoms with Crippen molar-refractivity contribution in [3.8, 4) is 0 Å². The van der Waals surface area contributed by atoms with E-state index in [1.807, 2.05) is 0 Å². The van der Waals surface area contributed by atoms with E-state index in [0.29, 0.717) is 10.8 Å². The molecule has 2 heteroatoms. The maximum atomic E-state index is 10.5. The molecule has 8 atom stereocenters. The highest BCUT2D eigenvalue weighted by Crippen LogP contribution is 2.68. The summed E-state index contributed by atoms with van der Waals surface area (Å²) in [5, 5.41) is 10.5. The van der Waals surface area contributed by atoms with E-state index in [4.69, 9.17) is 0 Å². The molecule has 4 saturated carbocycles. The Labute approximate surface area is 150 Å². The minimum atomic E-state index is -0.417. The van der Waals surface area contributed by atoms with Crippen molar-refractivity contribution in [3.63, 3.8) is 0 Å². The number of fused-ring (bicyclic) bond motifs is 5. The summed E-state index contributed by atoms with van der Waals surface area (Å²) in [6.07, 6.45) is 12.1. The SMILES string of the molecule is CC1CCC2C3CC[C@@H]4C[C@](O)(I)CC[C@]4(C)C3CC[C@]12C. The van der Waals surface area contributed by atoms with Gasteiger partial charge < -0.3 is 5.11 Å². The quantitative estimate of drug-likeness (QED) is 0.392. The molecule has 126 valence electrons. The second kappa shape index (κ2) is 5.09. The van der Waals surface area contributed by atoms with Crippen LogP contribution in [0.15, 0.2) is 0 Å². The van der Waals surface area contributed by atoms with Crippen molar-refractivity contribution in [3.05, 3.63) is 0 Å². The van der Waals surface area contributed by atoms with Crippen LogP contribution < -0.4 is 0 Å². The molecular weight excluding hydrogens is 383 g/mol. The Kier molecular flexibility index (Phi) is 3.75. The molecule has 0 spiro atoms. The van der Waals surface area contributed by atoms with Crippen LogP contribution in [0.2, 0.25) is 0 Å². The lowest BCUT2D eigenvalue weighted by Crippen LogP contribution is -2.54. The molecule has 0 radical (unpaired) electrons. The van der Waals surface area contributed by atoms with Crippen LogP contribution in [-0.2, 0) is 0 Å². The van der Waals surface area contributed by atoms with Gasteiger partial charge in [0, 0.05) is 0 Å². The highest BCUT2D eigenvalue weighted by atomic mass is 127. The summed E-state index contributed by atoms with van der Waals surface area (Å²) in [5.74, 6) is 4.65. The van der Waals surface area contributed by atoms with Gasteiger partial charge in [0.2, 0.25) is 0 Å². The van der Waals surface area contributed by atoms with Gasteiger partial charge in [-0.25, -0.2) is 0 Å². The molecule has 1 N–H and O–H groups in total. The lowest BCUT2D eigenvalue weighted by atomic mass is 9.45. The molecule has 0 saturated heterocycles. The maximum Gasteiger partial charge on any atom is 0.116 e. The fourth-order valence-electron chi connectivity index (χ4n) is 7.46. The van der Waals surface area contributed by atoms with Crippen molar-refractivity contribution in [2.45, 2.75) is 82.2 Å². The number of hydrogen-bond donors (Lipinski definition) is 1. The minimum Gasteiger partial charge on any atom is -0.380 e. The molecule has 4 aliphatic rings. The monoisotopic (exact) mass is 416 g/mol. The Hall–Kier alpha value is 0.690. The van der Waals surface area contributed by atoms with Crippen LogP contribution >= 0.6 is 22.6 Å². The highest BCUT2D eigenvalue weighted by Gasteiger charge is 2.60. The molecule has 0 bridgehead atoms. The maximum absolute atomic E-state index is 10.5.